The molecule has 0 spiro atoms. The molecule has 0 aliphatic carbocycles. The minimum absolute atomic E-state index is 0.145. The van der Waals surface area contributed by atoms with Crippen molar-refractivity contribution >= 4 is 51.1 Å². The Kier molecular flexibility index (Phi) is 5.67. The number of carbonyl (C=O) groups is 1. The predicted octanol–water partition coefficient (Wildman–Crippen LogP) is 5.08. The van der Waals surface area contributed by atoms with E-state index in [2.05, 4.69) is 52.2 Å². The van der Waals surface area contributed by atoms with Gasteiger partial charge in [0.05, 0.1) is 17.3 Å². The highest BCUT2D eigenvalue weighted by molar-refractivity contribution is 7.99. The van der Waals surface area contributed by atoms with E-state index in [1.165, 1.54) is 22.2 Å². The lowest BCUT2D eigenvalue weighted by Crippen LogP contribution is -2.40. The van der Waals surface area contributed by atoms with Crippen LogP contribution in [0.3, 0.4) is 0 Å². The number of aryl methyl sites for hydroxylation is 1. The number of hydrogen-bond acceptors (Lipinski definition) is 6. The second-order valence-corrected chi connectivity index (χ2v) is 9.73. The van der Waals surface area contributed by atoms with Crippen LogP contribution in [-0.2, 0) is 17.8 Å². The Morgan fingerprint density at radius 3 is 2.94 bits per heavy atom. The molecule has 1 amide bonds. The zero-order valence-electron chi connectivity index (χ0n) is 17.7. The van der Waals surface area contributed by atoms with E-state index in [0.717, 1.165) is 54.4 Å². The van der Waals surface area contributed by atoms with Gasteiger partial charge in [0.15, 0.2) is 5.65 Å². The Hall–Kier alpha value is -2.45. The van der Waals surface area contributed by atoms with E-state index >= 15 is 0 Å². The topological polar surface area (TPSA) is 63.9 Å². The lowest BCUT2D eigenvalue weighted by molar-refractivity contribution is -0.131. The molecule has 31 heavy (non-hydrogen) atoms. The number of carbonyl (C=O) groups excluding carboxylic acids is 1. The summed E-state index contributed by atoms with van der Waals surface area (Å²) in [5, 5.41) is 12.6. The van der Waals surface area contributed by atoms with Gasteiger partial charge in [0.1, 0.15) is 5.52 Å². The summed E-state index contributed by atoms with van der Waals surface area (Å²) >= 11 is 3.19. The minimum atomic E-state index is 0.145. The van der Waals surface area contributed by atoms with Crippen LogP contribution in [0.25, 0.3) is 22.1 Å². The maximum Gasteiger partial charge on any atom is 0.233 e. The van der Waals surface area contributed by atoms with Gasteiger partial charge < -0.3 is 9.47 Å². The molecule has 0 radical (unpaired) electrons. The van der Waals surface area contributed by atoms with E-state index in [-0.39, 0.29) is 11.9 Å². The van der Waals surface area contributed by atoms with Crippen molar-refractivity contribution < 1.29 is 4.79 Å². The highest BCUT2D eigenvalue weighted by Gasteiger charge is 2.30. The lowest BCUT2D eigenvalue weighted by atomic mass is 9.98. The molecule has 8 heteroatoms. The molecule has 0 fully saturated rings. The number of benzene rings is 1. The van der Waals surface area contributed by atoms with Gasteiger partial charge in [-0.3, -0.25) is 4.79 Å². The van der Waals surface area contributed by atoms with Crippen LogP contribution in [0, 0.1) is 0 Å². The number of hydrogen-bond donors (Lipinski definition) is 0. The third-order valence-electron chi connectivity index (χ3n) is 5.93. The molecule has 1 atom stereocenters. The summed E-state index contributed by atoms with van der Waals surface area (Å²) in [5.74, 6) is 0.475. The Bertz CT molecular complexity index is 1250. The van der Waals surface area contributed by atoms with E-state index in [0.29, 0.717) is 10.9 Å². The van der Waals surface area contributed by atoms with Crippen LogP contribution >= 0.6 is 23.1 Å². The first-order valence-electron chi connectivity index (χ1n) is 10.8. The normalized spacial score (nSPS) is 16.2. The zero-order valence-corrected chi connectivity index (χ0v) is 19.4. The van der Waals surface area contributed by atoms with Crippen molar-refractivity contribution in [2.75, 3.05) is 12.3 Å². The van der Waals surface area contributed by atoms with Crippen LogP contribution in [0.2, 0.25) is 0 Å². The number of amides is 1. The summed E-state index contributed by atoms with van der Waals surface area (Å²) in [5.41, 5.74) is 4.12. The minimum Gasteiger partial charge on any atom is -0.335 e. The average Bonchev–Trinajstić information content (AvgIpc) is 3.40. The van der Waals surface area contributed by atoms with Gasteiger partial charge >= 0.3 is 0 Å². The summed E-state index contributed by atoms with van der Waals surface area (Å²) in [6.07, 6.45) is 2.89. The molecule has 5 rings (SSSR count). The standard InChI is InChI=1S/C23H25N5OS2/c1-3-11-28-18-8-6-5-7-16(18)21-22(28)24-23(26-25-21)31-14-20(29)27-12-9-19-15(10-13-30-19)17(27)4-2/h5-8,10,13,17H,3-4,9,11-12,14H2,1-2H3. The van der Waals surface area contributed by atoms with E-state index < -0.39 is 0 Å². The van der Waals surface area contributed by atoms with Crippen LogP contribution in [0.4, 0.5) is 0 Å². The summed E-state index contributed by atoms with van der Waals surface area (Å²) < 4.78 is 2.21. The number of thioether (sulfide) groups is 1. The quantitative estimate of drug-likeness (QED) is 0.383. The van der Waals surface area contributed by atoms with Crippen LogP contribution < -0.4 is 0 Å². The number of para-hydroxylation sites is 1. The van der Waals surface area contributed by atoms with E-state index in [1.54, 1.807) is 11.3 Å². The van der Waals surface area contributed by atoms with Crippen molar-refractivity contribution in [1.29, 1.82) is 0 Å². The van der Waals surface area contributed by atoms with Gasteiger partial charge in [-0.25, -0.2) is 4.98 Å². The first kappa shape index (κ1) is 20.5. The molecule has 1 unspecified atom stereocenters. The first-order chi connectivity index (χ1) is 15.2. The average molecular weight is 452 g/mol. The molecule has 1 aliphatic rings. The summed E-state index contributed by atoms with van der Waals surface area (Å²) in [4.78, 5) is 21.3. The van der Waals surface area contributed by atoms with Gasteiger partial charge in [-0.15, -0.1) is 21.5 Å². The monoisotopic (exact) mass is 451 g/mol. The Morgan fingerprint density at radius 2 is 2.10 bits per heavy atom. The number of rotatable bonds is 6. The van der Waals surface area contributed by atoms with Gasteiger partial charge in [-0.1, -0.05) is 43.8 Å². The van der Waals surface area contributed by atoms with Crippen molar-refractivity contribution in [3.8, 4) is 0 Å². The van der Waals surface area contributed by atoms with E-state index in [1.807, 2.05) is 17.0 Å². The van der Waals surface area contributed by atoms with E-state index in [9.17, 15) is 4.79 Å². The molecule has 0 saturated heterocycles. The third kappa shape index (κ3) is 3.61. The molecule has 6 nitrogen and oxygen atoms in total. The molecule has 3 aromatic heterocycles. The van der Waals surface area contributed by atoms with Gasteiger partial charge in [0, 0.05) is 23.4 Å². The second-order valence-electron chi connectivity index (χ2n) is 7.78. The molecule has 0 N–H and O–H groups in total. The fourth-order valence-corrected chi connectivity index (χ4v) is 6.14. The molecule has 0 saturated carbocycles. The summed E-state index contributed by atoms with van der Waals surface area (Å²) in [7, 11) is 0. The van der Waals surface area contributed by atoms with Crippen LogP contribution in [0.15, 0.2) is 40.9 Å². The van der Waals surface area contributed by atoms with E-state index in [4.69, 9.17) is 4.98 Å². The van der Waals surface area contributed by atoms with Crippen molar-refractivity contribution in [2.45, 2.75) is 50.9 Å². The summed E-state index contributed by atoms with van der Waals surface area (Å²) in [6, 6.07) is 10.6. The van der Waals surface area contributed by atoms with Crippen molar-refractivity contribution in [2.24, 2.45) is 0 Å². The van der Waals surface area contributed by atoms with Crippen LogP contribution in [0.5, 0.6) is 0 Å². The van der Waals surface area contributed by atoms with Gasteiger partial charge in [0.2, 0.25) is 11.1 Å². The van der Waals surface area contributed by atoms with Crippen LogP contribution in [-0.4, -0.2) is 42.9 Å². The first-order valence-corrected chi connectivity index (χ1v) is 12.7. The Labute approximate surface area is 189 Å². The molecule has 1 aromatic carbocycles. The molecule has 1 aliphatic heterocycles. The van der Waals surface area contributed by atoms with Crippen LogP contribution in [0.1, 0.15) is 43.2 Å². The second kappa shape index (κ2) is 8.59. The molecule has 4 heterocycles. The predicted molar refractivity (Wildman–Crippen MR) is 127 cm³/mol. The highest BCUT2D eigenvalue weighted by Crippen LogP contribution is 2.36. The van der Waals surface area contributed by atoms with Crippen molar-refractivity contribution in [3.05, 3.63) is 46.2 Å². The Morgan fingerprint density at radius 1 is 1.23 bits per heavy atom. The smallest absolute Gasteiger partial charge is 0.233 e. The van der Waals surface area contributed by atoms with Gasteiger partial charge in [-0.05, 0) is 42.3 Å². The third-order valence-corrected chi connectivity index (χ3v) is 7.75. The zero-order chi connectivity index (χ0) is 21.4. The molecular formula is C23H25N5OS2. The van der Waals surface area contributed by atoms with Gasteiger partial charge in [-0.2, -0.15) is 0 Å². The number of thiophene rings is 1. The highest BCUT2D eigenvalue weighted by atomic mass is 32.2. The van der Waals surface area contributed by atoms with Gasteiger partial charge in [0.25, 0.3) is 0 Å². The Balaban J connectivity index is 1.38. The fraction of sp³-hybridized carbons (Fsp3) is 0.391. The van der Waals surface area contributed by atoms with Crippen molar-refractivity contribution in [1.82, 2.24) is 24.6 Å². The molecule has 4 aromatic rings. The molecule has 160 valence electrons. The number of aromatic nitrogens is 4. The molecule has 0 bridgehead atoms. The maximum absolute atomic E-state index is 13.1. The summed E-state index contributed by atoms with van der Waals surface area (Å²) in [6.45, 7) is 5.97. The SMILES string of the molecule is CCCn1c2ccccc2c2nnc(SCC(=O)N3CCc4sccc4C3CC)nc21. The molecular weight excluding hydrogens is 426 g/mol. The number of fused-ring (bicyclic) bond motifs is 4. The fourth-order valence-electron chi connectivity index (χ4n) is 4.54. The largest absolute Gasteiger partial charge is 0.335 e. The number of nitrogens with zero attached hydrogens (tertiary/aromatic N) is 5. The lowest BCUT2D eigenvalue weighted by Gasteiger charge is -2.35. The van der Waals surface area contributed by atoms with Crippen molar-refractivity contribution in [3.63, 3.8) is 0 Å². The maximum atomic E-state index is 13.1.